The molecule has 2 heterocycles. The van der Waals surface area contributed by atoms with Crippen LogP contribution in [0.25, 0.3) is 16.4 Å². The Balaban J connectivity index is 2.52. The van der Waals surface area contributed by atoms with Crippen LogP contribution in [0.4, 0.5) is 0 Å². The fourth-order valence-electron chi connectivity index (χ4n) is 2.32. The molecule has 2 aromatic heterocycles. The molecule has 0 fully saturated rings. The van der Waals surface area contributed by atoms with Gasteiger partial charge in [-0.05, 0) is 23.6 Å². The minimum atomic E-state index is -0.459. The first-order chi connectivity index (χ1) is 9.26. The normalized spacial score (nSPS) is 10.8. The molecule has 0 amide bonds. The number of carbonyl (C=O) groups excluding carboxylic acids is 2. The Morgan fingerprint density at radius 3 is 2.68 bits per heavy atom. The number of carbonyl (C=O) groups is 2. The van der Waals surface area contributed by atoms with Crippen molar-refractivity contribution in [1.29, 1.82) is 0 Å². The van der Waals surface area contributed by atoms with E-state index in [1.807, 2.05) is 36.4 Å². The summed E-state index contributed by atoms with van der Waals surface area (Å²) in [5, 5.41) is 0.994. The summed E-state index contributed by atoms with van der Waals surface area (Å²) in [6.45, 7) is 0. The van der Waals surface area contributed by atoms with Crippen LogP contribution in [-0.2, 0) is 4.74 Å². The third-order valence-corrected chi connectivity index (χ3v) is 3.19. The summed E-state index contributed by atoms with van der Waals surface area (Å²) >= 11 is 0. The summed E-state index contributed by atoms with van der Waals surface area (Å²) in [4.78, 5) is 23.0. The molecular weight excluding hydrogens is 242 g/mol. The van der Waals surface area contributed by atoms with Gasteiger partial charge in [0.25, 0.3) is 0 Å². The standard InChI is InChI=1S/C15H11NO3/c1-19-15(18)14-8-11(9-17)13-7-6-10-4-2-3-5-12(10)16(13)14/h2-9H,1H3. The van der Waals surface area contributed by atoms with E-state index in [4.69, 9.17) is 4.74 Å². The molecule has 0 spiro atoms. The van der Waals surface area contributed by atoms with E-state index in [1.165, 1.54) is 7.11 Å². The highest BCUT2D eigenvalue weighted by molar-refractivity contribution is 5.99. The quantitative estimate of drug-likeness (QED) is 0.521. The van der Waals surface area contributed by atoms with Gasteiger partial charge in [-0.3, -0.25) is 4.79 Å². The second-order valence-electron chi connectivity index (χ2n) is 4.21. The summed E-state index contributed by atoms with van der Waals surface area (Å²) in [6.07, 6.45) is 0.747. The number of methoxy groups -OCH3 is 1. The molecule has 0 saturated carbocycles. The summed E-state index contributed by atoms with van der Waals surface area (Å²) < 4.78 is 6.53. The molecule has 0 aliphatic heterocycles. The first-order valence-corrected chi connectivity index (χ1v) is 5.83. The Hall–Kier alpha value is -2.62. The molecule has 0 bridgehead atoms. The average Bonchev–Trinajstić information content (AvgIpc) is 2.85. The first-order valence-electron chi connectivity index (χ1n) is 5.83. The molecule has 0 atom stereocenters. The van der Waals surface area contributed by atoms with E-state index in [-0.39, 0.29) is 0 Å². The van der Waals surface area contributed by atoms with Gasteiger partial charge in [0.15, 0.2) is 6.29 Å². The van der Waals surface area contributed by atoms with Crippen LogP contribution >= 0.6 is 0 Å². The second-order valence-corrected chi connectivity index (χ2v) is 4.21. The van der Waals surface area contributed by atoms with E-state index in [2.05, 4.69) is 0 Å². The van der Waals surface area contributed by atoms with Crippen LogP contribution in [0.5, 0.6) is 0 Å². The number of aromatic nitrogens is 1. The van der Waals surface area contributed by atoms with Gasteiger partial charge in [-0.1, -0.05) is 24.3 Å². The van der Waals surface area contributed by atoms with Crippen LogP contribution in [-0.4, -0.2) is 23.8 Å². The molecule has 0 unspecified atom stereocenters. The van der Waals surface area contributed by atoms with Crippen LogP contribution in [0, 0.1) is 0 Å². The van der Waals surface area contributed by atoms with Gasteiger partial charge in [-0.2, -0.15) is 0 Å². The highest BCUT2D eigenvalue weighted by atomic mass is 16.5. The Kier molecular flexibility index (Phi) is 2.56. The van der Waals surface area contributed by atoms with Crippen LogP contribution in [0.15, 0.2) is 42.5 Å². The molecule has 19 heavy (non-hydrogen) atoms. The van der Waals surface area contributed by atoms with E-state index in [9.17, 15) is 9.59 Å². The molecule has 0 N–H and O–H groups in total. The zero-order valence-electron chi connectivity index (χ0n) is 10.3. The number of pyridine rings is 1. The predicted octanol–water partition coefficient (Wildman–Crippen LogP) is 2.69. The lowest BCUT2D eigenvalue weighted by Gasteiger charge is -2.06. The van der Waals surface area contributed by atoms with Crippen molar-refractivity contribution in [3.8, 4) is 0 Å². The van der Waals surface area contributed by atoms with Gasteiger partial charge >= 0.3 is 5.97 Å². The van der Waals surface area contributed by atoms with E-state index in [0.29, 0.717) is 16.8 Å². The number of nitrogens with zero attached hydrogens (tertiary/aromatic N) is 1. The van der Waals surface area contributed by atoms with Crippen molar-refractivity contribution in [3.05, 3.63) is 53.7 Å². The first kappa shape index (κ1) is 11.5. The lowest BCUT2D eigenvalue weighted by Crippen LogP contribution is -2.05. The van der Waals surface area contributed by atoms with Crippen molar-refractivity contribution in [3.63, 3.8) is 0 Å². The van der Waals surface area contributed by atoms with Crippen molar-refractivity contribution in [1.82, 2.24) is 4.40 Å². The fourth-order valence-corrected chi connectivity index (χ4v) is 2.32. The number of para-hydroxylation sites is 1. The summed E-state index contributed by atoms with van der Waals surface area (Å²) in [6, 6.07) is 13.0. The Morgan fingerprint density at radius 2 is 1.95 bits per heavy atom. The lowest BCUT2D eigenvalue weighted by atomic mass is 10.2. The SMILES string of the molecule is COC(=O)c1cc(C=O)c2ccc3ccccc3n12. The van der Waals surface area contributed by atoms with Gasteiger partial charge in [-0.15, -0.1) is 0 Å². The minimum absolute atomic E-state index is 0.358. The van der Waals surface area contributed by atoms with Crippen LogP contribution in [0.3, 0.4) is 0 Å². The second kappa shape index (κ2) is 4.24. The fraction of sp³-hybridized carbons (Fsp3) is 0.0667. The predicted molar refractivity (Wildman–Crippen MR) is 71.6 cm³/mol. The number of rotatable bonds is 2. The highest BCUT2D eigenvalue weighted by Gasteiger charge is 2.16. The van der Waals surface area contributed by atoms with E-state index < -0.39 is 5.97 Å². The largest absolute Gasteiger partial charge is 0.464 e. The maximum atomic E-state index is 11.8. The summed E-state index contributed by atoms with van der Waals surface area (Å²) in [5.41, 5.74) is 2.41. The number of ether oxygens (including phenoxy) is 1. The Bertz CT molecular complexity index is 802. The van der Waals surface area contributed by atoms with Gasteiger partial charge < -0.3 is 9.14 Å². The average molecular weight is 253 g/mol. The maximum Gasteiger partial charge on any atom is 0.355 e. The molecule has 4 nitrogen and oxygen atoms in total. The van der Waals surface area contributed by atoms with Gasteiger partial charge in [0.05, 0.1) is 18.1 Å². The van der Waals surface area contributed by atoms with Gasteiger partial charge in [0.2, 0.25) is 0 Å². The number of fused-ring (bicyclic) bond motifs is 3. The zero-order valence-corrected chi connectivity index (χ0v) is 10.3. The molecule has 1 aromatic carbocycles. The smallest absolute Gasteiger partial charge is 0.355 e. The molecule has 3 aromatic rings. The highest BCUT2D eigenvalue weighted by Crippen LogP contribution is 2.23. The van der Waals surface area contributed by atoms with Crippen LogP contribution < -0.4 is 0 Å². The van der Waals surface area contributed by atoms with E-state index in [0.717, 1.165) is 17.2 Å². The van der Waals surface area contributed by atoms with Gasteiger partial charge in [0.1, 0.15) is 5.69 Å². The number of hydrogen-bond acceptors (Lipinski definition) is 3. The molecule has 0 aliphatic rings. The van der Waals surface area contributed by atoms with Crippen LogP contribution in [0.1, 0.15) is 20.8 Å². The topological polar surface area (TPSA) is 47.8 Å². The number of hydrogen-bond donors (Lipinski definition) is 0. The molecule has 3 rings (SSSR count). The summed E-state index contributed by atoms with van der Waals surface area (Å²) in [5.74, 6) is -0.459. The van der Waals surface area contributed by atoms with E-state index >= 15 is 0 Å². The molecule has 94 valence electrons. The van der Waals surface area contributed by atoms with Crippen LogP contribution in [0.2, 0.25) is 0 Å². The van der Waals surface area contributed by atoms with Gasteiger partial charge in [-0.25, -0.2) is 4.79 Å². The lowest BCUT2D eigenvalue weighted by molar-refractivity contribution is 0.0593. The minimum Gasteiger partial charge on any atom is -0.464 e. The van der Waals surface area contributed by atoms with Crippen molar-refractivity contribution in [2.45, 2.75) is 0 Å². The zero-order chi connectivity index (χ0) is 13.4. The molecule has 0 aliphatic carbocycles. The van der Waals surface area contributed by atoms with Crippen molar-refractivity contribution < 1.29 is 14.3 Å². The number of aldehydes is 1. The molecule has 0 saturated heterocycles. The monoisotopic (exact) mass is 253 g/mol. The van der Waals surface area contributed by atoms with E-state index in [1.54, 1.807) is 10.5 Å². The Labute approximate surface area is 109 Å². The van der Waals surface area contributed by atoms with Crippen molar-refractivity contribution in [2.75, 3.05) is 7.11 Å². The van der Waals surface area contributed by atoms with Gasteiger partial charge in [0, 0.05) is 5.56 Å². The third kappa shape index (κ3) is 1.61. The third-order valence-electron chi connectivity index (χ3n) is 3.19. The number of benzene rings is 1. The summed E-state index contributed by atoms with van der Waals surface area (Å²) in [7, 11) is 1.33. The Morgan fingerprint density at radius 1 is 1.16 bits per heavy atom. The number of esters is 1. The maximum absolute atomic E-state index is 11.8. The molecule has 4 heteroatoms. The molecule has 0 radical (unpaired) electrons. The van der Waals surface area contributed by atoms with Crippen molar-refractivity contribution in [2.24, 2.45) is 0 Å². The van der Waals surface area contributed by atoms with Crippen molar-refractivity contribution >= 4 is 28.7 Å². The molecular formula is C15H11NO3.